The number of piperazine rings is 1. The lowest BCUT2D eigenvalue weighted by molar-refractivity contribution is -0.129. The van der Waals surface area contributed by atoms with Crippen LogP contribution in [0.15, 0.2) is 24.3 Å². The number of carbonyl (C=O) groups is 2. The van der Waals surface area contributed by atoms with Gasteiger partial charge in [0.05, 0.1) is 5.92 Å². The van der Waals surface area contributed by atoms with Gasteiger partial charge in [0, 0.05) is 38.8 Å². The lowest BCUT2D eigenvalue weighted by Crippen LogP contribution is -2.43. The Balaban J connectivity index is 2.03. The third kappa shape index (κ3) is 3.57. The van der Waals surface area contributed by atoms with Gasteiger partial charge in [0.1, 0.15) is 0 Å². The van der Waals surface area contributed by atoms with Crippen molar-refractivity contribution in [2.24, 2.45) is 0 Å². The number of hydrogen-bond donors (Lipinski definition) is 2. The molecule has 2 N–H and O–H groups in total. The molecule has 108 valence electrons. The third-order valence-electron chi connectivity index (χ3n) is 3.57. The minimum absolute atomic E-state index is 0.257. The standard InChI is InChI=1S/C15H21N3O2/c1-11(15(20)17-12(2)19)13-3-5-14(6-4-13)18-9-7-16-8-10-18/h3-6,11,16H,7-10H2,1-2H3,(H,17,19,20). The molecule has 2 rings (SSSR count). The van der Waals surface area contributed by atoms with E-state index in [0.29, 0.717) is 0 Å². The number of carbonyl (C=O) groups excluding carboxylic acids is 2. The minimum atomic E-state index is -0.323. The van der Waals surface area contributed by atoms with Gasteiger partial charge in [-0.3, -0.25) is 14.9 Å². The molecule has 1 heterocycles. The number of amides is 2. The molecule has 0 radical (unpaired) electrons. The maximum absolute atomic E-state index is 11.8. The predicted molar refractivity (Wildman–Crippen MR) is 78.8 cm³/mol. The molecule has 1 aliphatic rings. The Morgan fingerprint density at radius 2 is 1.80 bits per heavy atom. The van der Waals surface area contributed by atoms with Crippen LogP contribution in [0.3, 0.4) is 0 Å². The highest BCUT2D eigenvalue weighted by Gasteiger charge is 2.17. The lowest BCUT2D eigenvalue weighted by Gasteiger charge is -2.29. The molecule has 1 aromatic carbocycles. The van der Waals surface area contributed by atoms with E-state index in [9.17, 15) is 9.59 Å². The summed E-state index contributed by atoms with van der Waals surface area (Å²) in [5.41, 5.74) is 2.09. The van der Waals surface area contributed by atoms with Gasteiger partial charge in [0.2, 0.25) is 11.8 Å². The first kappa shape index (κ1) is 14.5. The highest BCUT2D eigenvalue weighted by atomic mass is 16.2. The van der Waals surface area contributed by atoms with Gasteiger partial charge in [-0.2, -0.15) is 0 Å². The van der Waals surface area contributed by atoms with Crippen LogP contribution < -0.4 is 15.5 Å². The van der Waals surface area contributed by atoms with Crippen LogP contribution in [0.4, 0.5) is 5.69 Å². The van der Waals surface area contributed by atoms with Gasteiger partial charge in [-0.1, -0.05) is 12.1 Å². The summed E-state index contributed by atoms with van der Waals surface area (Å²) in [7, 11) is 0. The maximum Gasteiger partial charge on any atom is 0.233 e. The SMILES string of the molecule is CC(=O)NC(=O)C(C)c1ccc(N2CCNCC2)cc1. The molecule has 5 heteroatoms. The topological polar surface area (TPSA) is 61.4 Å². The molecule has 0 bridgehead atoms. The van der Waals surface area contributed by atoms with Crippen molar-refractivity contribution in [3.8, 4) is 0 Å². The first-order valence-electron chi connectivity index (χ1n) is 6.95. The Morgan fingerprint density at radius 3 is 2.35 bits per heavy atom. The molecule has 2 amide bonds. The zero-order valence-corrected chi connectivity index (χ0v) is 12.0. The summed E-state index contributed by atoms with van der Waals surface area (Å²) >= 11 is 0. The first-order chi connectivity index (χ1) is 9.58. The average Bonchev–Trinajstić information content (AvgIpc) is 2.47. The minimum Gasteiger partial charge on any atom is -0.369 e. The molecule has 0 spiro atoms. The fourth-order valence-corrected chi connectivity index (χ4v) is 2.33. The summed E-state index contributed by atoms with van der Waals surface area (Å²) in [4.78, 5) is 25.0. The van der Waals surface area contributed by atoms with E-state index in [1.165, 1.54) is 12.6 Å². The summed E-state index contributed by atoms with van der Waals surface area (Å²) < 4.78 is 0. The van der Waals surface area contributed by atoms with E-state index < -0.39 is 0 Å². The Kier molecular flexibility index (Phi) is 4.74. The number of anilines is 1. The second-order valence-corrected chi connectivity index (χ2v) is 5.10. The fourth-order valence-electron chi connectivity index (χ4n) is 2.33. The quantitative estimate of drug-likeness (QED) is 0.859. The summed E-state index contributed by atoms with van der Waals surface area (Å²) in [5, 5.41) is 5.64. The zero-order chi connectivity index (χ0) is 14.5. The Bertz CT molecular complexity index is 478. The number of hydrogen-bond acceptors (Lipinski definition) is 4. The van der Waals surface area contributed by atoms with Gasteiger partial charge in [0.25, 0.3) is 0 Å². The lowest BCUT2D eigenvalue weighted by atomic mass is 10.00. The Hall–Kier alpha value is -1.88. The molecule has 1 aromatic rings. The normalized spacial score (nSPS) is 16.6. The fraction of sp³-hybridized carbons (Fsp3) is 0.467. The Morgan fingerprint density at radius 1 is 1.20 bits per heavy atom. The smallest absolute Gasteiger partial charge is 0.233 e. The molecule has 1 aliphatic heterocycles. The Labute approximate surface area is 119 Å². The summed E-state index contributed by atoms with van der Waals surface area (Å²) in [6.07, 6.45) is 0. The van der Waals surface area contributed by atoms with Crippen molar-refractivity contribution in [3.63, 3.8) is 0 Å². The highest BCUT2D eigenvalue weighted by molar-refractivity contribution is 5.97. The summed E-state index contributed by atoms with van der Waals surface area (Å²) in [5.74, 6) is -0.900. The molecule has 1 fully saturated rings. The molecule has 1 atom stereocenters. The molecule has 0 saturated carbocycles. The number of nitrogens with zero attached hydrogens (tertiary/aromatic N) is 1. The second kappa shape index (κ2) is 6.52. The number of imide groups is 1. The van der Waals surface area contributed by atoms with Crippen molar-refractivity contribution in [1.82, 2.24) is 10.6 Å². The van der Waals surface area contributed by atoms with E-state index >= 15 is 0 Å². The van der Waals surface area contributed by atoms with Crippen molar-refractivity contribution in [2.45, 2.75) is 19.8 Å². The second-order valence-electron chi connectivity index (χ2n) is 5.10. The molecule has 5 nitrogen and oxygen atoms in total. The zero-order valence-electron chi connectivity index (χ0n) is 12.0. The van der Waals surface area contributed by atoms with Gasteiger partial charge >= 0.3 is 0 Å². The van der Waals surface area contributed by atoms with Crippen LogP contribution in [0.1, 0.15) is 25.3 Å². The molecule has 1 saturated heterocycles. The van der Waals surface area contributed by atoms with Crippen LogP contribution in [0.5, 0.6) is 0 Å². The molecule has 0 aromatic heterocycles. The van der Waals surface area contributed by atoms with Crippen molar-refractivity contribution in [2.75, 3.05) is 31.1 Å². The maximum atomic E-state index is 11.8. The molecule has 0 aliphatic carbocycles. The monoisotopic (exact) mass is 275 g/mol. The average molecular weight is 275 g/mol. The molecular weight excluding hydrogens is 254 g/mol. The van der Waals surface area contributed by atoms with Crippen LogP contribution >= 0.6 is 0 Å². The number of nitrogens with one attached hydrogen (secondary N) is 2. The summed E-state index contributed by atoms with van der Waals surface area (Å²) in [6, 6.07) is 8.00. The van der Waals surface area contributed by atoms with Crippen molar-refractivity contribution >= 4 is 17.5 Å². The molecule has 1 unspecified atom stereocenters. The van der Waals surface area contributed by atoms with E-state index in [-0.39, 0.29) is 17.7 Å². The number of rotatable bonds is 3. The van der Waals surface area contributed by atoms with Gasteiger partial charge in [-0.15, -0.1) is 0 Å². The van der Waals surface area contributed by atoms with Gasteiger partial charge in [-0.25, -0.2) is 0 Å². The molecule has 20 heavy (non-hydrogen) atoms. The van der Waals surface area contributed by atoms with Gasteiger partial charge < -0.3 is 10.2 Å². The highest BCUT2D eigenvalue weighted by Crippen LogP contribution is 2.21. The van der Waals surface area contributed by atoms with E-state index in [2.05, 4.69) is 15.5 Å². The van der Waals surface area contributed by atoms with Crippen molar-refractivity contribution < 1.29 is 9.59 Å². The molecular formula is C15H21N3O2. The van der Waals surface area contributed by atoms with E-state index in [0.717, 1.165) is 31.7 Å². The van der Waals surface area contributed by atoms with E-state index in [1.807, 2.05) is 24.3 Å². The predicted octanol–water partition coefficient (Wildman–Crippen LogP) is 0.862. The van der Waals surface area contributed by atoms with Crippen LogP contribution in [-0.4, -0.2) is 38.0 Å². The van der Waals surface area contributed by atoms with Crippen molar-refractivity contribution in [3.05, 3.63) is 29.8 Å². The summed E-state index contributed by atoms with van der Waals surface area (Å²) in [6.45, 7) is 7.15. The van der Waals surface area contributed by atoms with E-state index in [4.69, 9.17) is 0 Å². The largest absolute Gasteiger partial charge is 0.369 e. The first-order valence-corrected chi connectivity index (χ1v) is 6.95. The third-order valence-corrected chi connectivity index (χ3v) is 3.57. The van der Waals surface area contributed by atoms with Crippen LogP contribution in [-0.2, 0) is 9.59 Å². The van der Waals surface area contributed by atoms with Crippen LogP contribution in [0.2, 0.25) is 0 Å². The van der Waals surface area contributed by atoms with E-state index in [1.54, 1.807) is 6.92 Å². The van der Waals surface area contributed by atoms with Crippen molar-refractivity contribution in [1.29, 1.82) is 0 Å². The van der Waals surface area contributed by atoms with Crippen LogP contribution in [0.25, 0.3) is 0 Å². The van der Waals surface area contributed by atoms with Crippen LogP contribution in [0, 0.1) is 0 Å². The van der Waals surface area contributed by atoms with Gasteiger partial charge in [0.15, 0.2) is 0 Å². The number of benzene rings is 1. The van der Waals surface area contributed by atoms with Gasteiger partial charge in [-0.05, 0) is 24.6 Å².